The van der Waals surface area contributed by atoms with Crippen LogP contribution in [0, 0.1) is 0 Å². The van der Waals surface area contributed by atoms with Gasteiger partial charge < -0.3 is 14.8 Å². The number of methoxy groups -OCH3 is 2. The third-order valence-corrected chi connectivity index (χ3v) is 3.64. The van der Waals surface area contributed by atoms with E-state index in [4.69, 9.17) is 9.47 Å². The Balaban J connectivity index is 2.68. The van der Waals surface area contributed by atoms with E-state index >= 15 is 0 Å². The third-order valence-electron chi connectivity index (χ3n) is 3.64. The highest BCUT2D eigenvalue weighted by Gasteiger charge is 2.14. The minimum Gasteiger partial charge on any atom is -0.493 e. The SMILES string of the molecule is CCN(CC)C(C)CNC(=O)c1ccc(OC)c(OC)c1. The van der Waals surface area contributed by atoms with Gasteiger partial charge in [-0.15, -0.1) is 0 Å². The van der Waals surface area contributed by atoms with Crippen LogP contribution < -0.4 is 14.8 Å². The fourth-order valence-electron chi connectivity index (χ4n) is 2.30. The van der Waals surface area contributed by atoms with Crippen molar-refractivity contribution < 1.29 is 14.3 Å². The molecule has 1 N–H and O–H groups in total. The van der Waals surface area contributed by atoms with E-state index < -0.39 is 0 Å². The molecule has 0 aromatic heterocycles. The van der Waals surface area contributed by atoms with Crippen molar-refractivity contribution in [1.29, 1.82) is 0 Å². The molecule has 1 unspecified atom stereocenters. The van der Waals surface area contributed by atoms with Gasteiger partial charge in [-0.3, -0.25) is 9.69 Å². The summed E-state index contributed by atoms with van der Waals surface area (Å²) in [7, 11) is 3.13. The van der Waals surface area contributed by atoms with Crippen molar-refractivity contribution in [3.8, 4) is 11.5 Å². The summed E-state index contributed by atoms with van der Waals surface area (Å²) in [5, 5.41) is 2.96. The van der Waals surface area contributed by atoms with Gasteiger partial charge in [-0.2, -0.15) is 0 Å². The first kappa shape index (κ1) is 17.3. The Labute approximate surface area is 127 Å². The molecule has 0 radical (unpaired) electrons. The molecule has 0 aliphatic carbocycles. The van der Waals surface area contributed by atoms with E-state index in [0.29, 0.717) is 29.6 Å². The molecule has 118 valence electrons. The summed E-state index contributed by atoms with van der Waals surface area (Å²) in [4.78, 5) is 14.5. The van der Waals surface area contributed by atoms with E-state index in [1.54, 1.807) is 32.4 Å². The predicted octanol–water partition coefficient (Wildman–Crippen LogP) is 2.16. The molecule has 0 saturated heterocycles. The molecule has 0 saturated carbocycles. The lowest BCUT2D eigenvalue weighted by atomic mass is 10.2. The van der Waals surface area contributed by atoms with Crippen molar-refractivity contribution in [2.45, 2.75) is 26.8 Å². The second kappa shape index (κ2) is 8.52. The van der Waals surface area contributed by atoms with Gasteiger partial charge in [0.05, 0.1) is 14.2 Å². The molecular formula is C16H26N2O3. The Hall–Kier alpha value is -1.75. The van der Waals surface area contributed by atoms with E-state index in [9.17, 15) is 4.79 Å². The maximum atomic E-state index is 12.2. The average Bonchev–Trinajstić information content (AvgIpc) is 2.52. The quantitative estimate of drug-likeness (QED) is 0.798. The molecule has 0 fully saturated rings. The van der Waals surface area contributed by atoms with Crippen LogP contribution in [0.25, 0.3) is 0 Å². The molecule has 1 amide bonds. The molecule has 5 nitrogen and oxygen atoms in total. The lowest BCUT2D eigenvalue weighted by Crippen LogP contribution is -2.42. The molecular weight excluding hydrogens is 268 g/mol. The summed E-state index contributed by atoms with van der Waals surface area (Å²) in [6.45, 7) is 8.93. The van der Waals surface area contributed by atoms with E-state index in [1.165, 1.54) is 0 Å². The summed E-state index contributed by atoms with van der Waals surface area (Å²) in [5.74, 6) is 1.07. The number of nitrogens with zero attached hydrogens (tertiary/aromatic N) is 1. The first-order chi connectivity index (χ1) is 10.1. The molecule has 1 aromatic carbocycles. The van der Waals surface area contributed by atoms with E-state index in [-0.39, 0.29) is 5.91 Å². The third kappa shape index (κ3) is 4.63. The summed E-state index contributed by atoms with van der Waals surface area (Å²) in [5.41, 5.74) is 0.569. The number of benzene rings is 1. The Bertz CT molecular complexity index is 459. The van der Waals surface area contributed by atoms with Gasteiger partial charge in [-0.25, -0.2) is 0 Å². The lowest BCUT2D eigenvalue weighted by molar-refractivity contribution is 0.0937. The Kier molecular flexibility index (Phi) is 7.02. The van der Waals surface area contributed by atoms with E-state index in [2.05, 4.69) is 31.0 Å². The summed E-state index contributed by atoms with van der Waals surface area (Å²) >= 11 is 0. The molecule has 1 atom stereocenters. The molecule has 0 aliphatic heterocycles. The number of nitrogens with one attached hydrogen (secondary N) is 1. The van der Waals surface area contributed by atoms with Crippen molar-refractivity contribution in [3.63, 3.8) is 0 Å². The first-order valence-electron chi connectivity index (χ1n) is 7.31. The second-order valence-electron chi connectivity index (χ2n) is 4.85. The van der Waals surface area contributed by atoms with Crippen molar-refractivity contribution >= 4 is 5.91 Å². The van der Waals surface area contributed by atoms with Crippen molar-refractivity contribution in [2.24, 2.45) is 0 Å². The summed E-state index contributed by atoms with van der Waals surface area (Å²) in [6.07, 6.45) is 0. The van der Waals surface area contributed by atoms with Gasteiger partial charge in [-0.05, 0) is 38.2 Å². The van der Waals surface area contributed by atoms with Gasteiger partial charge in [0, 0.05) is 18.2 Å². The number of rotatable bonds is 8. The van der Waals surface area contributed by atoms with Crippen LogP contribution in [0.3, 0.4) is 0 Å². The number of likely N-dealkylation sites (N-methyl/N-ethyl adjacent to an activating group) is 1. The molecule has 1 aromatic rings. The Morgan fingerprint density at radius 2 is 1.81 bits per heavy atom. The van der Waals surface area contributed by atoms with Crippen LogP contribution >= 0.6 is 0 Å². The van der Waals surface area contributed by atoms with Crippen LogP contribution in [0.4, 0.5) is 0 Å². The van der Waals surface area contributed by atoms with Gasteiger partial charge >= 0.3 is 0 Å². The predicted molar refractivity (Wildman–Crippen MR) is 84.3 cm³/mol. The zero-order valence-electron chi connectivity index (χ0n) is 13.6. The fourth-order valence-corrected chi connectivity index (χ4v) is 2.30. The zero-order chi connectivity index (χ0) is 15.8. The number of carbonyl (C=O) groups excluding carboxylic acids is 1. The maximum Gasteiger partial charge on any atom is 0.251 e. The molecule has 0 spiro atoms. The number of hydrogen-bond acceptors (Lipinski definition) is 4. The van der Waals surface area contributed by atoms with Crippen molar-refractivity contribution in [3.05, 3.63) is 23.8 Å². The minimum atomic E-state index is -0.102. The first-order valence-corrected chi connectivity index (χ1v) is 7.31. The van der Waals surface area contributed by atoms with Crippen molar-refractivity contribution in [2.75, 3.05) is 33.9 Å². The van der Waals surface area contributed by atoms with Gasteiger partial charge in [0.15, 0.2) is 11.5 Å². The summed E-state index contributed by atoms with van der Waals surface area (Å²) in [6, 6.07) is 5.47. The van der Waals surface area contributed by atoms with Crippen LogP contribution in [-0.2, 0) is 0 Å². The van der Waals surface area contributed by atoms with Gasteiger partial charge in [-0.1, -0.05) is 13.8 Å². The van der Waals surface area contributed by atoms with Crippen LogP contribution in [-0.4, -0.2) is 50.7 Å². The highest BCUT2D eigenvalue weighted by molar-refractivity contribution is 5.94. The highest BCUT2D eigenvalue weighted by atomic mass is 16.5. The Morgan fingerprint density at radius 3 is 2.33 bits per heavy atom. The molecule has 1 rings (SSSR count). The highest BCUT2D eigenvalue weighted by Crippen LogP contribution is 2.27. The van der Waals surface area contributed by atoms with E-state index in [0.717, 1.165) is 13.1 Å². The summed E-state index contributed by atoms with van der Waals surface area (Å²) < 4.78 is 10.4. The number of ether oxygens (including phenoxy) is 2. The number of carbonyl (C=O) groups is 1. The van der Waals surface area contributed by atoms with Gasteiger partial charge in [0.1, 0.15) is 0 Å². The second-order valence-corrected chi connectivity index (χ2v) is 4.85. The largest absolute Gasteiger partial charge is 0.493 e. The van der Waals surface area contributed by atoms with Crippen LogP contribution in [0.15, 0.2) is 18.2 Å². The molecule has 5 heteroatoms. The molecule has 0 heterocycles. The van der Waals surface area contributed by atoms with Crippen LogP contribution in [0.5, 0.6) is 11.5 Å². The standard InChI is InChI=1S/C16H26N2O3/c1-6-18(7-2)12(3)11-17-16(19)13-8-9-14(20-4)15(10-13)21-5/h8-10,12H,6-7,11H2,1-5H3,(H,17,19). The Morgan fingerprint density at radius 1 is 1.19 bits per heavy atom. The lowest BCUT2D eigenvalue weighted by Gasteiger charge is -2.26. The molecule has 21 heavy (non-hydrogen) atoms. The van der Waals surface area contributed by atoms with E-state index in [1.807, 2.05) is 0 Å². The van der Waals surface area contributed by atoms with Crippen molar-refractivity contribution in [1.82, 2.24) is 10.2 Å². The number of hydrogen-bond donors (Lipinski definition) is 1. The normalized spacial score (nSPS) is 12.1. The molecule has 0 aliphatic rings. The molecule has 0 bridgehead atoms. The fraction of sp³-hybridized carbons (Fsp3) is 0.562. The smallest absolute Gasteiger partial charge is 0.251 e. The van der Waals surface area contributed by atoms with Gasteiger partial charge in [0.25, 0.3) is 5.91 Å². The minimum absolute atomic E-state index is 0.102. The average molecular weight is 294 g/mol. The van der Waals surface area contributed by atoms with Crippen LogP contribution in [0.1, 0.15) is 31.1 Å². The number of amides is 1. The van der Waals surface area contributed by atoms with Crippen LogP contribution in [0.2, 0.25) is 0 Å². The maximum absolute atomic E-state index is 12.2. The monoisotopic (exact) mass is 294 g/mol. The zero-order valence-corrected chi connectivity index (χ0v) is 13.6. The van der Waals surface area contributed by atoms with Gasteiger partial charge in [0.2, 0.25) is 0 Å². The topological polar surface area (TPSA) is 50.8 Å².